The second kappa shape index (κ2) is 3.94. The lowest BCUT2D eigenvalue weighted by Gasteiger charge is -2.13. The molecule has 2 atom stereocenters. The molecule has 0 bridgehead atoms. The summed E-state index contributed by atoms with van der Waals surface area (Å²) in [6, 6.07) is 0.0610. The van der Waals surface area contributed by atoms with Gasteiger partial charge in [-0.1, -0.05) is 12.2 Å². The molecular formula is C8H12N2OS2. The number of thioether (sulfide) groups is 1. The van der Waals surface area contributed by atoms with E-state index in [1.165, 1.54) is 0 Å². The van der Waals surface area contributed by atoms with Gasteiger partial charge < -0.3 is 10.6 Å². The summed E-state index contributed by atoms with van der Waals surface area (Å²) in [5, 5.41) is 6.14. The summed E-state index contributed by atoms with van der Waals surface area (Å²) in [7, 11) is 0. The van der Waals surface area contributed by atoms with Crippen LogP contribution in [0.2, 0.25) is 0 Å². The number of Topliss-reactive ketones (excluding diaryl/α,β-unsaturated/α-hetero) is 1. The van der Waals surface area contributed by atoms with E-state index in [0.29, 0.717) is 0 Å². The van der Waals surface area contributed by atoms with Crippen molar-refractivity contribution in [3.8, 4) is 0 Å². The Labute approximate surface area is 87.0 Å². The third-order valence-corrected chi connectivity index (χ3v) is 3.92. The number of hydrogen-bond donors (Lipinski definition) is 2. The molecule has 0 amide bonds. The van der Waals surface area contributed by atoms with Gasteiger partial charge in [-0.2, -0.15) is 0 Å². The minimum absolute atomic E-state index is 0.0610. The van der Waals surface area contributed by atoms with Crippen LogP contribution in [0.1, 0.15) is 12.8 Å². The van der Waals surface area contributed by atoms with Crippen LogP contribution >= 0.6 is 24.0 Å². The number of carbonyl (C=O) groups is 1. The number of nitrogens with one attached hydrogen (secondary N) is 2. The van der Waals surface area contributed by atoms with Gasteiger partial charge in [0.05, 0.1) is 11.0 Å². The molecule has 2 aliphatic rings. The first-order chi connectivity index (χ1) is 6.27. The molecule has 2 saturated heterocycles. The molecule has 72 valence electrons. The maximum atomic E-state index is 11.8. The summed E-state index contributed by atoms with van der Waals surface area (Å²) >= 11 is 6.59. The van der Waals surface area contributed by atoms with Crippen molar-refractivity contribution in [3.63, 3.8) is 0 Å². The van der Waals surface area contributed by atoms with E-state index in [0.717, 1.165) is 30.1 Å². The van der Waals surface area contributed by atoms with E-state index >= 15 is 0 Å². The van der Waals surface area contributed by atoms with E-state index < -0.39 is 0 Å². The van der Waals surface area contributed by atoms with Crippen LogP contribution in [0.5, 0.6) is 0 Å². The van der Waals surface area contributed by atoms with Crippen molar-refractivity contribution in [1.29, 1.82) is 0 Å². The number of carbonyl (C=O) groups excluding carboxylic acids is 1. The summed E-state index contributed by atoms with van der Waals surface area (Å²) in [5.74, 6) is 1.06. The standard InChI is InChI=1S/C8H12N2OS2/c11-7(5-2-1-3-9-5)8-10-6(12)4-13-8/h5,8-9H,1-4H2,(H,10,12)/t5-,8?/m0/s1. The fourth-order valence-electron chi connectivity index (χ4n) is 1.65. The van der Waals surface area contributed by atoms with Crippen molar-refractivity contribution >= 4 is 34.8 Å². The monoisotopic (exact) mass is 216 g/mol. The van der Waals surface area contributed by atoms with Crippen molar-refractivity contribution in [2.75, 3.05) is 12.3 Å². The SMILES string of the molecule is O=C(C1NC(=S)CS1)[C@@H]1CCCN1. The van der Waals surface area contributed by atoms with Gasteiger partial charge in [-0.15, -0.1) is 11.8 Å². The van der Waals surface area contributed by atoms with E-state index in [2.05, 4.69) is 10.6 Å². The minimum atomic E-state index is -0.0944. The molecule has 2 fully saturated rings. The van der Waals surface area contributed by atoms with Crippen molar-refractivity contribution in [2.24, 2.45) is 0 Å². The van der Waals surface area contributed by atoms with Crippen molar-refractivity contribution in [1.82, 2.24) is 10.6 Å². The molecule has 0 aromatic rings. The normalized spacial score (nSPS) is 33.4. The first-order valence-corrected chi connectivity index (χ1v) is 5.91. The molecule has 2 N–H and O–H groups in total. The first kappa shape index (κ1) is 9.43. The Morgan fingerprint density at radius 2 is 2.46 bits per heavy atom. The van der Waals surface area contributed by atoms with Crippen LogP contribution in [0.25, 0.3) is 0 Å². The van der Waals surface area contributed by atoms with Gasteiger partial charge in [0.25, 0.3) is 0 Å². The third-order valence-electron chi connectivity index (χ3n) is 2.34. The summed E-state index contributed by atoms with van der Waals surface area (Å²) in [6.07, 6.45) is 2.09. The second-order valence-electron chi connectivity index (χ2n) is 3.31. The maximum absolute atomic E-state index is 11.8. The van der Waals surface area contributed by atoms with Crippen LogP contribution < -0.4 is 10.6 Å². The van der Waals surface area contributed by atoms with Gasteiger partial charge in [0.1, 0.15) is 5.37 Å². The Morgan fingerprint density at radius 1 is 1.62 bits per heavy atom. The second-order valence-corrected chi connectivity index (χ2v) is 4.90. The van der Waals surface area contributed by atoms with Crippen molar-refractivity contribution in [2.45, 2.75) is 24.3 Å². The summed E-state index contributed by atoms with van der Waals surface area (Å²) in [4.78, 5) is 12.6. The molecule has 0 aliphatic carbocycles. The zero-order valence-corrected chi connectivity index (χ0v) is 8.84. The Bertz CT molecular complexity index is 238. The average Bonchev–Trinajstić information content (AvgIpc) is 2.72. The Hall–Kier alpha value is -0.130. The molecule has 2 rings (SSSR count). The Balaban J connectivity index is 1.92. The molecule has 0 saturated carbocycles. The number of thiocarbonyl (C=S) groups is 1. The molecule has 3 nitrogen and oxygen atoms in total. The quantitative estimate of drug-likeness (QED) is 0.650. The fourth-order valence-corrected chi connectivity index (χ4v) is 3.00. The van der Waals surface area contributed by atoms with Crippen LogP contribution in [-0.4, -0.2) is 34.5 Å². The van der Waals surface area contributed by atoms with Gasteiger partial charge in [-0.05, 0) is 19.4 Å². The van der Waals surface area contributed by atoms with Crippen LogP contribution in [0.15, 0.2) is 0 Å². The molecule has 1 unspecified atom stereocenters. The van der Waals surface area contributed by atoms with Crippen LogP contribution in [-0.2, 0) is 4.79 Å². The van der Waals surface area contributed by atoms with Gasteiger partial charge in [0.2, 0.25) is 0 Å². The lowest BCUT2D eigenvalue weighted by atomic mass is 10.1. The highest BCUT2D eigenvalue weighted by Crippen LogP contribution is 2.20. The van der Waals surface area contributed by atoms with Crippen molar-refractivity contribution < 1.29 is 4.79 Å². The molecule has 0 spiro atoms. The van der Waals surface area contributed by atoms with E-state index in [-0.39, 0.29) is 17.2 Å². The predicted octanol–water partition coefficient (Wildman–Crippen LogP) is 0.297. The molecule has 13 heavy (non-hydrogen) atoms. The molecule has 2 aliphatic heterocycles. The highest BCUT2D eigenvalue weighted by atomic mass is 32.2. The summed E-state index contributed by atoms with van der Waals surface area (Å²) < 4.78 is 0. The molecule has 0 aromatic carbocycles. The van der Waals surface area contributed by atoms with Gasteiger partial charge >= 0.3 is 0 Å². The van der Waals surface area contributed by atoms with E-state index in [4.69, 9.17) is 12.2 Å². The van der Waals surface area contributed by atoms with E-state index in [1.807, 2.05) is 0 Å². The van der Waals surface area contributed by atoms with Gasteiger partial charge in [-0.25, -0.2) is 0 Å². The van der Waals surface area contributed by atoms with Gasteiger partial charge in [0, 0.05) is 5.75 Å². The third kappa shape index (κ3) is 2.03. The molecular weight excluding hydrogens is 204 g/mol. The number of hydrogen-bond acceptors (Lipinski definition) is 4. The zero-order valence-electron chi connectivity index (χ0n) is 7.21. The first-order valence-electron chi connectivity index (χ1n) is 4.45. The van der Waals surface area contributed by atoms with Gasteiger partial charge in [0.15, 0.2) is 5.78 Å². The molecule has 5 heteroatoms. The molecule has 0 aromatic heterocycles. The highest BCUT2D eigenvalue weighted by Gasteiger charge is 2.32. The minimum Gasteiger partial charge on any atom is -0.361 e. The topological polar surface area (TPSA) is 41.1 Å². The Kier molecular flexibility index (Phi) is 2.86. The number of rotatable bonds is 2. The van der Waals surface area contributed by atoms with Gasteiger partial charge in [-0.3, -0.25) is 4.79 Å². The molecule has 2 heterocycles. The largest absolute Gasteiger partial charge is 0.361 e. The Morgan fingerprint density at radius 3 is 3.00 bits per heavy atom. The lowest BCUT2D eigenvalue weighted by molar-refractivity contribution is -0.120. The number of ketones is 1. The highest BCUT2D eigenvalue weighted by molar-refractivity contribution is 8.03. The van der Waals surface area contributed by atoms with E-state index in [1.54, 1.807) is 11.8 Å². The summed E-state index contributed by atoms with van der Waals surface area (Å²) in [5.41, 5.74) is 0. The van der Waals surface area contributed by atoms with E-state index in [9.17, 15) is 4.79 Å². The summed E-state index contributed by atoms with van der Waals surface area (Å²) in [6.45, 7) is 0.970. The predicted molar refractivity (Wildman–Crippen MR) is 58.0 cm³/mol. The molecule has 0 radical (unpaired) electrons. The van der Waals surface area contributed by atoms with Crippen LogP contribution in [0.3, 0.4) is 0 Å². The van der Waals surface area contributed by atoms with Crippen molar-refractivity contribution in [3.05, 3.63) is 0 Å². The van der Waals surface area contributed by atoms with Crippen LogP contribution in [0.4, 0.5) is 0 Å². The lowest BCUT2D eigenvalue weighted by Crippen LogP contribution is -2.42. The maximum Gasteiger partial charge on any atom is 0.182 e. The average molecular weight is 216 g/mol. The zero-order chi connectivity index (χ0) is 9.26. The fraction of sp³-hybridized carbons (Fsp3) is 0.750. The van der Waals surface area contributed by atoms with Crippen LogP contribution in [0, 0.1) is 0 Å². The smallest absolute Gasteiger partial charge is 0.182 e.